The Morgan fingerprint density at radius 3 is 3.18 bits per heavy atom. The van der Waals surface area contributed by atoms with Crippen molar-refractivity contribution in [2.75, 3.05) is 11.9 Å². The topological polar surface area (TPSA) is 24.9 Å². The fourth-order valence-electron chi connectivity index (χ4n) is 3.25. The number of aryl methyl sites for hydroxylation is 2. The average Bonchev–Trinajstić information content (AvgIpc) is 2.36. The minimum absolute atomic E-state index is 0.877. The van der Waals surface area contributed by atoms with Gasteiger partial charge >= 0.3 is 0 Å². The summed E-state index contributed by atoms with van der Waals surface area (Å²) in [5.41, 5.74) is 4.35. The Balaban J connectivity index is 1.87. The maximum absolute atomic E-state index is 4.88. The molecule has 0 spiro atoms. The van der Waals surface area contributed by atoms with Crippen molar-refractivity contribution in [2.45, 2.75) is 51.9 Å². The van der Waals surface area contributed by atoms with E-state index >= 15 is 0 Å². The Bertz CT molecular complexity index is 412. The molecule has 0 bridgehead atoms. The lowest BCUT2D eigenvalue weighted by Crippen LogP contribution is -2.20. The van der Waals surface area contributed by atoms with Gasteiger partial charge in [-0.3, -0.25) is 0 Å². The molecule has 3 rings (SSSR count). The molecule has 2 aliphatic rings. The predicted octanol–water partition coefficient (Wildman–Crippen LogP) is 3.34. The first-order chi connectivity index (χ1) is 8.36. The zero-order valence-corrected chi connectivity index (χ0v) is 10.8. The minimum Gasteiger partial charge on any atom is -0.370 e. The van der Waals surface area contributed by atoms with E-state index in [1.54, 1.807) is 0 Å². The smallest absolute Gasteiger partial charge is 0.129 e. The van der Waals surface area contributed by atoms with Gasteiger partial charge in [0.25, 0.3) is 0 Å². The van der Waals surface area contributed by atoms with Gasteiger partial charge in [-0.15, -0.1) is 0 Å². The molecule has 0 amide bonds. The first-order valence-electron chi connectivity index (χ1n) is 7.12. The van der Waals surface area contributed by atoms with Crippen molar-refractivity contribution in [1.29, 1.82) is 0 Å². The highest BCUT2D eigenvalue weighted by Gasteiger charge is 2.21. The van der Waals surface area contributed by atoms with Crippen molar-refractivity contribution in [1.82, 2.24) is 4.98 Å². The fourth-order valence-corrected chi connectivity index (χ4v) is 3.25. The number of hydrogen-bond acceptors (Lipinski definition) is 2. The van der Waals surface area contributed by atoms with E-state index in [0.717, 1.165) is 12.5 Å². The van der Waals surface area contributed by atoms with Crippen molar-refractivity contribution in [2.24, 2.45) is 5.92 Å². The van der Waals surface area contributed by atoms with E-state index in [1.165, 1.54) is 67.6 Å². The van der Waals surface area contributed by atoms with Crippen LogP contribution in [0.4, 0.5) is 5.82 Å². The van der Waals surface area contributed by atoms with Crippen molar-refractivity contribution in [3.05, 3.63) is 22.9 Å². The van der Waals surface area contributed by atoms with Gasteiger partial charge in [0.05, 0.1) is 0 Å². The lowest BCUT2D eigenvalue weighted by Gasteiger charge is -2.26. The number of aromatic nitrogens is 1. The fraction of sp³-hybridized carbons (Fsp3) is 0.667. The van der Waals surface area contributed by atoms with Gasteiger partial charge in [0, 0.05) is 12.2 Å². The second kappa shape index (κ2) is 4.67. The third-order valence-electron chi connectivity index (χ3n) is 4.19. The number of nitrogens with zero attached hydrogens (tertiary/aromatic N) is 1. The van der Waals surface area contributed by atoms with E-state index < -0.39 is 0 Å². The van der Waals surface area contributed by atoms with E-state index in [4.69, 9.17) is 4.98 Å². The van der Waals surface area contributed by atoms with E-state index in [0.29, 0.717) is 0 Å². The molecule has 0 aromatic carbocycles. The molecule has 0 fully saturated rings. The Kier molecular flexibility index (Phi) is 3.04. The standard InChI is InChI=1S/C15H22N2/c1-2-4-11-6-7-12-10-13-5-3-8-16-15(13)17-14(12)9-11/h10-11H,2-9H2,1H3,(H,16,17). The quantitative estimate of drug-likeness (QED) is 0.843. The summed E-state index contributed by atoms with van der Waals surface area (Å²) >= 11 is 0. The van der Waals surface area contributed by atoms with Gasteiger partial charge in [-0.05, 0) is 49.1 Å². The van der Waals surface area contributed by atoms with Crippen LogP contribution < -0.4 is 5.32 Å². The maximum atomic E-state index is 4.88. The Labute approximate surface area is 104 Å². The second-order valence-electron chi connectivity index (χ2n) is 5.53. The van der Waals surface area contributed by atoms with E-state index in [-0.39, 0.29) is 0 Å². The molecular weight excluding hydrogens is 208 g/mol. The summed E-state index contributed by atoms with van der Waals surface area (Å²) in [6, 6.07) is 2.42. The van der Waals surface area contributed by atoms with Crippen molar-refractivity contribution in [3.8, 4) is 0 Å². The molecule has 1 N–H and O–H groups in total. The molecule has 2 nitrogen and oxygen atoms in total. The molecule has 0 saturated heterocycles. The highest BCUT2D eigenvalue weighted by molar-refractivity contribution is 5.50. The summed E-state index contributed by atoms with van der Waals surface area (Å²) < 4.78 is 0. The average molecular weight is 230 g/mol. The van der Waals surface area contributed by atoms with Crippen LogP contribution >= 0.6 is 0 Å². The number of hydrogen-bond donors (Lipinski definition) is 1. The number of rotatable bonds is 2. The third kappa shape index (κ3) is 2.18. The summed E-state index contributed by atoms with van der Waals surface area (Å²) in [5, 5.41) is 3.45. The van der Waals surface area contributed by atoms with E-state index in [1.807, 2.05) is 0 Å². The maximum Gasteiger partial charge on any atom is 0.129 e. The zero-order valence-electron chi connectivity index (χ0n) is 10.8. The molecule has 0 saturated carbocycles. The van der Waals surface area contributed by atoms with Gasteiger partial charge in [0.2, 0.25) is 0 Å². The van der Waals surface area contributed by atoms with Crippen LogP contribution in [0.1, 0.15) is 49.4 Å². The normalized spacial score (nSPS) is 22.5. The van der Waals surface area contributed by atoms with Crippen molar-refractivity contribution in [3.63, 3.8) is 0 Å². The molecule has 1 atom stereocenters. The highest BCUT2D eigenvalue weighted by atomic mass is 15.0. The Morgan fingerprint density at radius 1 is 1.35 bits per heavy atom. The van der Waals surface area contributed by atoms with Crippen LogP contribution in [0, 0.1) is 5.92 Å². The van der Waals surface area contributed by atoms with Crippen LogP contribution in [0.5, 0.6) is 0 Å². The number of anilines is 1. The monoisotopic (exact) mass is 230 g/mol. The van der Waals surface area contributed by atoms with Gasteiger partial charge in [-0.25, -0.2) is 4.98 Å². The number of fused-ring (bicyclic) bond motifs is 2. The zero-order chi connectivity index (χ0) is 11.7. The third-order valence-corrected chi connectivity index (χ3v) is 4.19. The summed E-state index contributed by atoms with van der Waals surface area (Å²) in [7, 11) is 0. The van der Waals surface area contributed by atoms with Crippen LogP contribution in [0.3, 0.4) is 0 Å². The SMILES string of the molecule is CCCC1CCc2cc3c(nc2C1)NCCC3. The van der Waals surface area contributed by atoms with Crippen molar-refractivity contribution >= 4 is 5.82 Å². The van der Waals surface area contributed by atoms with Crippen molar-refractivity contribution < 1.29 is 0 Å². The van der Waals surface area contributed by atoms with Gasteiger partial charge < -0.3 is 5.32 Å². The lowest BCUT2D eigenvalue weighted by atomic mass is 9.83. The molecule has 1 aromatic heterocycles. The van der Waals surface area contributed by atoms with E-state index in [9.17, 15) is 0 Å². The van der Waals surface area contributed by atoms with Gasteiger partial charge in [0.1, 0.15) is 5.82 Å². The number of nitrogens with one attached hydrogen (secondary N) is 1. The molecule has 1 aliphatic carbocycles. The van der Waals surface area contributed by atoms with Crippen LogP contribution in [0.2, 0.25) is 0 Å². The largest absolute Gasteiger partial charge is 0.370 e. The minimum atomic E-state index is 0.877. The number of pyridine rings is 1. The van der Waals surface area contributed by atoms with Gasteiger partial charge in [-0.1, -0.05) is 25.8 Å². The molecule has 2 heteroatoms. The molecule has 2 heterocycles. The molecule has 92 valence electrons. The molecule has 1 aromatic rings. The summed E-state index contributed by atoms with van der Waals surface area (Å²) in [6.07, 6.45) is 8.97. The predicted molar refractivity (Wildman–Crippen MR) is 71.5 cm³/mol. The molecule has 1 aliphatic heterocycles. The first-order valence-corrected chi connectivity index (χ1v) is 7.12. The Morgan fingerprint density at radius 2 is 2.29 bits per heavy atom. The molecule has 17 heavy (non-hydrogen) atoms. The van der Waals surface area contributed by atoms with Crippen LogP contribution in [-0.4, -0.2) is 11.5 Å². The van der Waals surface area contributed by atoms with Crippen LogP contribution in [-0.2, 0) is 19.3 Å². The molecular formula is C15H22N2. The summed E-state index contributed by atoms with van der Waals surface area (Å²) in [4.78, 5) is 4.88. The first kappa shape index (κ1) is 11.1. The summed E-state index contributed by atoms with van der Waals surface area (Å²) in [6.45, 7) is 3.38. The van der Waals surface area contributed by atoms with Crippen LogP contribution in [0.25, 0.3) is 0 Å². The van der Waals surface area contributed by atoms with Gasteiger partial charge in [0.15, 0.2) is 0 Å². The van der Waals surface area contributed by atoms with E-state index in [2.05, 4.69) is 18.3 Å². The Hall–Kier alpha value is -1.05. The molecule has 1 unspecified atom stereocenters. The summed E-state index contributed by atoms with van der Waals surface area (Å²) in [5.74, 6) is 2.05. The van der Waals surface area contributed by atoms with Gasteiger partial charge in [-0.2, -0.15) is 0 Å². The second-order valence-corrected chi connectivity index (χ2v) is 5.53. The molecule has 0 radical (unpaired) electrons. The van der Waals surface area contributed by atoms with Crippen LogP contribution in [0.15, 0.2) is 6.07 Å². The highest BCUT2D eigenvalue weighted by Crippen LogP contribution is 2.31. The lowest BCUT2D eigenvalue weighted by molar-refractivity contribution is 0.416.